The Labute approximate surface area is 159 Å². The van der Waals surface area contributed by atoms with Gasteiger partial charge < -0.3 is 14.7 Å². The van der Waals surface area contributed by atoms with Gasteiger partial charge in [0.15, 0.2) is 0 Å². The smallest absolute Gasteiger partial charge is 0.327 e. The molecule has 3 amide bonds. The Morgan fingerprint density at radius 1 is 0.963 bits per heavy atom. The van der Waals surface area contributed by atoms with Crippen LogP contribution in [0.4, 0.5) is 16.6 Å². The monoisotopic (exact) mass is 373 g/mol. The van der Waals surface area contributed by atoms with Gasteiger partial charge in [-0.1, -0.05) is 0 Å². The quantitative estimate of drug-likeness (QED) is 0.761. The van der Waals surface area contributed by atoms with Crippen molar-refractivity contribution in [3.05, 3.63) is 12.3 Å². The van der Waals surface area contributed by atoms with Crippen LogP contribution < -0.4 is 9.80 Å². The van der Waals surface area contributed by atoms with Crippen LogP contribution in [0.3, 0.4) is 0 Å². The molecule has 0 bridgehead atoms. The van der Waals surface area contributed by atoms with E-state index >= 15 is 0 Å². The zero-order chi connectivity index (χ0) is 19.0. The first-order chi connectivity index (χ1) is 13.0. The summed E-state index contributed by atoms with van der Waals surface area (Å²) in [6.07, 6.45) is 4.46. The molecular weight excluding hydrogens is 346 g/mol. The Hall–Kier alpha value is -2.42. The van der Waals surface area contributed by atoms with E-state index in [1.165, 1.54) is 17.7 Å². The van der Waals surface area contributed by atoms with E-state index in [1.807, 2.05) is 12.3 Å². The van der Waals surface area contributed by atoms with Crippen LogP contribution in [0.1, 0.15) is 19.3 Å². The summed E-state index contributed by atoms with van der Waals surface area (Å²) in [4.78, 5) is 43.1. The lowest BCUT2D eigenvalue weighted by Crippen LogP contribution is -2.62. The molecule has 1 atom stereocenters. The summed E-state index contributed by atoms with van der Waals surface area (Å²) in [6, 6.07) is 1.75. The summed E-state index contributed by atoms with van der Waals surface area (Å²) >= 11 is 0. The third-order valence-electron chi connectivity index (χ3n) is 5.84. The van der Waals surface area contributed by atoms with Crippen LogP contribution in [0, 0.1) is 0 Å². The number of piperazine rings is 1. The van der Waals surface area contributed by atoms with Crippen LogP contribution in [0.25, 0.3) is 0 Å². The second-order valence-electron chi connectivity index (χ2n) is 7.46. The van der Waals surface area contributed by atoms with E-state index in [9.17, 15) is 9.59 Å². The fourth-order valence-electron chi connectivity index (χ4n) is 4.11. The van der Waals surface area contributed by atoms with Gasteiger partial charge in [-0.2, -0.15) is 4.98 Å². The molecule has 4 heterocycles. The molecular formula is C18H27N7O2. The maximum atomic E-state index is 12.2. The summed E-state index contributed by atoms with van der Waals surface area (Å²) in [6.45, 7) is 5.24. The lowest BCUT2D eigenvalue weighted by molar-refractivity contribution is -0.134. The van der Waals surface area contributed by atoms with E-state index in [1.54, 1.807) is 19.0 Å². The van der Waals surface area contributed by atoms with E-state index in [0.717, 1.165) is 51.0 Å². The van der Waals surface area contributed by atoms with Gasteiger partial charge >= 0.3 is 6.03 Å². The average Bonchev–Trinajstić information content (AvgIpc) is 3.24. The Kier molecular flexibility index (Phi) is 4.86. The molecule has 9 heteroatoms. The first kappa shape index (κ1) is 18.0. The number of aromatic nitrogens is 2. The minimum absolute atomic E-state index is 0.118. The largest absolute Gasteiger partial charge is 0.356 e. The van der Waals surface area contributed by atoms with E-state index in [2.05, 4.69) is 19.7 Å². The molecule has 3 saturated heterocycles. The molecule has 146 valence electrons. The fourth-order valence-corrected chi connectivity index (χ4v) is 4.11. The van der Waals surface area contributed by atoms with Crippen molar-refractivity contribution in [1.29, 1.82) is 0 Å². The van der Waals surface area contributed by atoms with Gasteiger partial charge in [-0.25, -0.2) is 9.78 Å². The van der Waals surface area contributed by atoms with Crippen molar-refractivity contribution in [1.82, 2.24) is 24.7 Å². The number of nitrogens with zero attached hydrogens (tertiary/aromatic N) is 7. The van der Waals surface area contributed by atoms with Crippen molar-refractivity contribution in [2.75, 3.05) is 63.2 Å². The third-order valence-corrected chi connectivity index (χ3v) is 5.84. The Morgan fingerprint density at radius 2 is 1.67 bits per heavy atom. The van der Waals surface area contributed by atoms with Crippen molar-refractivity contribution >= 4 is 23.7 Å². The average molecular weight is 373 g/mol. The van der Waals surface area contributed by atoms with Crippen molar-refractivity contribution in [3.8, 4) is 0 Å². The number of carbonyl (C=O) groups is 2. The standard InChI is InChI=1S/C18H27N7O2/c1-21-15(13-16(26)22(2)18(21)27)24-9-11-25(12-10-24)17-19-6-5-14(20-17)23-7-3-4-8-23/h5-6,15H,3-4,7-13H2,1-2H3. The van der Waals surface area contributed by atoms with E-state index in [0.29, 0.717) is 6.42 Å². The van der Waals surface area contributed by atoms with Crippen LogP contribution in [0.2, 0.25) is 0 Å². The van der Waals surface area contributed by atoms with Gasteiger partial charge in [-0.15, -0.1) is 0 Å². The maximum Gasteiger partial charge on any atom is 0.327 e. The third kappa shape index (κ3) is 3.43. The maximum absolute atomic E-state index is 12.2. The van der Waals surface area contributed by atoms with Crippen LogP contribution >= 0.6 is 0 Å². The summed E-state index contributed by atoms with van der Waals surface area (Å²) in [7, 11) is 3.31. The highest BCUT2D eigenvalue weighted by atomic mass is 16.2. The Morgan fingerprint density at radius 3 is 2.37 bits per heavy atom. The molecule has 27 heavy (non-hydrogen) atoms. The number of hydrogen-bond donors (Lipinski definition) is 0. The summed E-state index contributed by atoms with van der Waals surface area (Å²) in [5.41, 5.74) is 0. The van der Waals surface area contributed by atoms with Crippen molar-refractivity contribution in [2.45, 2.75) is 25.4 Å². The topological polar surface area (TPSA) is 76.1 Å². The molecule has 1 aromatic heterocycles. The zero-order valence-corrected chi connectivity index (χ0v) is 16.0. The molecule has 1 unspecified atom stereocenters. The predicted octanol–water partition coefficient (Wildman–Crippen LogP) is 0.439. The molecule has 0 aliphatic carbocycles. The second kappa shape index (κ2) is 7.30. The molecule has 3 aliphatic rings. The van der Waals surface area contributed by atoms with Gasteiger partial charge in [0.2, 0.25) is 11.9 Å². The van der Waals surface area contributed by atoms with Gasteiger partial charge in [-0.05, 0) is 18.9 Å². The minimum atomic E-state index is -0.236. The van der Waals surface area contributed by atoms with Crippen molar-refractivity contribution < 1.29 is 9.59 Å². The second-order valence-corrected chi connectivity index (χ2v) is 7.46. The number of hydrogen-bond acceptors (Lipinski definition) is 7. The number of urea groups is 1. The lowest BCUT2D eigenvalue weighted by Gasteiger charge is -2.45. The SMILES string of the molecule is CN1C(=O)CC(N2CCN(c3nccc(N4CCCC4)n3)CC2)N(C)C1=O. The van der Waals surface area contributed by atoms with Gasteiger partial charge in [0, 0.05) is 59.6 Å². The van der Waals surface area contributed by atoms with E-state index in [-0.39, 0.29) is 18.1 Å². The Balaban J connectivity index is 1.40. The predicted molar refractivity (Wildman–Crippen MR) is 102 cm³/mol. The summed E-state index contributed by atoms with van der Waals surface area (Å²) < 4.78 is 0. The molecule has 0 aromatic carbocycles. The molecule has 1 aromatic rings. The van der Waals surface area contributed by atoms with Crippen molar-refractivity contribution in [3.63, 3.8) is 0 Å². The highest BCUT2D eigenvalue weighted by Gasteiger charge is 2.38. The summed E-state index contributed by atoms with van der Waals surface area (Å²) in [5.74, 6) is 1.65. The molecule has 9 nitrogen and oxygen atoms in total. The first-order valence-electron chi connectivity index (χ1n) is 9.65. The molecule has 3 fully saturated rings. The van der Waals surface area contributed by atoms with Gasteiger partial charge in [0.25, 0.3) is 0 Å². The molecule has 0 spiro atoms. The lowest BCUT2D eigenvalue weighted by atomic mass is 10.1. The van der Waals surface area contributed by atoms with Gasteiger partial charge in [-0.3, -0.25) is 14.6 Å². The fraction of sp³-hybridized carbons (Fsp3) is 0.667. The van der Waals surface area contributed by atoms with Crippen molar-refractivity contribution in [2.24, 2.45) is 0 Å². The molecule has 4 rings (SSSR count). The number of anilines is 2. The molecule has 0 saturated carbocycles. The zero-order valence-electron chi connectivity index (χ0n) is 16.0. The molecule has 0 radical (unpaired) electrons. The molecule has 3 aliphatic heterocycles. The number of carbonyl (C=O) groups excluding carboxylic acids is 2. The van der Waals surface area contributed by atoms with Crippen LogP contribution in [0.5, 0.6) is 0 Å². The highest BCUT2D eigenvalue weighted by molar-refractivity contribution is 5.96. The minimum Gasteiger partial charge on any atom is -0.356 e. The van der Waals surface area contributed by atoms with Gasteiger partial charge in [0.05, 0.1) is 12.6 Å². The van der Waals surface area contributed by atoms with Crippen LogP contribution in [0.15, 0.2) is 12.3 Å². The van der Waals surface area contributed by atoms with Crippen LogP contribution in [-0.2, 0) is 4.79 Å². The number of amides is 3. The first-order valence-corrected chi connectivity index (χ1v) is 9.65. The molecule has 0 N–H and O–H groups in total. The highest BCUT2D eigenvalue weighted by Crippen LogP contribution is 2.23. The van der Waals surface area contributed by atoms with E-state index in [4.69, 9.17) is 4.98 Å². The number of rotatable bonds is 3. The van der Waals surface area contributed by atoms with E-state index < -0.39 is 0 Å². The number of imide groups is 1. The summed E-state index contributed by atoms with van der Waals surface area (Å²) in [5, 5.41) is 0. The normalized spacial score (nSPS) is 24.9. The van der Waals surface area contributed by atoms with Crippen LogP contribution in [-0.4, -0.2) is 96.1 Å². The van der Waals surface area contributed by atoms with Gasteiger partial charge in [0.1, 0.15) is 5.82 Å². The Bertz CT molecular complexity index is 713.